The molecule has 0 spiro atoms. The van der Waals surface area contributed by atoms with Crippen molar-refractivity contribution in [2.75, 3.05) is 11.9 Å². The van der Waals surface area contributed by atoms with Crippen molar-refractivity contribution in [3.8, 4) is 6.07 Å². The van der Waals surface area contributed by atoms with E-state index >= 15 is 0 Å². The van der Waals surface area contributed by atoms with Gasteiger partial charge in [-0.25, -0.2) is 4.39 Å². The van der Waals surface area contributed by atoms with Crippen LogP contribution in [-0.4, -0.2) is 12.5 Å². The van der Waals surface area contributed by atoms with Gasteiger partial charge in [-0.1, -0.05) is 0 Å². The first-order valence-electron chi connectivity index (χ1n) is 3.85. The van der Waals surface area contributed by atoms with Gasteiger partial charge in [0.2, 0.25) is 5.91 Å². The predicted molar refractivity (Wildman–Crippen MR) is 48.8 cm³/mol. The number of halogens is 1. The Morgan fingerprint density at radius 2 is 2.36 bits per heavy atom. The van der Waals surface area contributed by atoms with Gasteiger partial charge >= 0.3 is 0 Å². The molecule has 1 aromatic carbocycles. The maximum absolute atomic E-state index is 12.8. The van der Waals surface area contributed by atoms with Crippen LogP contribution in [0.25, 0.3) is 0 Å². The SMILES string of the molecule is N#Cc1cc(NCC(N)=O)ccc1F. The standard InChI is InChI=1S/C9H8FN3O/c10-8-2-1-7(3-6(8)4-11)13-5-9(12)14/h1-3,13H,5H2,(H2,12,14). The Labute approximate surface area is 80.1 Å². The zero-order valence-corrected chi connectivity index (χ0v) is 7.25. The predicted octanol–water partition coefficient (Wildman–Crippen LogP) is 0.595. The molecule has 14 heavy (non-hydrogen) atoms. The van der Waals surface area contributed by atoms with E-state index < -0.39 is 11.7 Å². The molecule has 0 heterocycles. The minimum Gasteiger partial charge on any atom is -0.376 e. The maximum atomic E-state index is 12.8. The van der Waals surface area contributed by atoms with Gasteiger partial charge in [-0.15, -0.1) is 0 Å². The number of rotatable bonds is 3. The average Bonchev–Trinajstić information content (AvgIpc) is 2.16. The van der Waals surface area contributed by atoms with E-state index in [9.17, 15) is 9.18 Å². The van der Waals surface area contributed by atoms with Crippen molar-refractivity contribution in [2.45, 2.75) is 0 Å². The summed E-state index contributed by atoms with van der Waals surface area (Å²) in [6, 6.07) is 5.59. The van der Waals surface area contributed by atoms with Crippen molar-refractivity contribution in [1.82, 2.24) is 0 Å². The molecule has 0 aliphatic carbocycles. The average molecular weight is 193 g/mol. The Morgan fingerprint density at radius 1 is 1.64 bits per heavy atom. The molecule has 0 aliphatic rings. The van der Waals surface area contributed by atoms with E-state index in [1.807, 2.05) is 0 Å². The molecule has 0 saturated carbocycles. The van der Waals surface area contributed by atoms with Crippen LogP contribution in [0, 0.1) is 17.1 Å². The minimum absolute atomic E-state index is 0.0451. The van der Waals surface area contributed by atoms with Crippen LogP contribution >= 0.6 is 0 Å². The van der Waals surface area contributed by atoms with Crippen LogP contribution in [0.2, 0.25) is 0 Å². The first-order valence-corrected chi connectivity index (χ1v) is 3.85. The highest BCUT2D eigenvalue weighted by atomic mass is 19.1. The Bertz CT molecular complexity index is 398. The zero-order chi connectivity index (χ0) is 10.6. The third-order valence-electron chi connectivity index (χ3n) is 1.55. The number of carbonyl (C=O) groups excluding carboxylic acids is 1. The molecule has 1 amide bonds. The van der Waals surface area contributed by atoms with Crippen molar-refractivity contribution >= 4 is 11.6 Å². The summed E-state index contributed by atoms with van der Waals surface area (Å²) in [4.78, 5) is 10.4. The first kappa shape index (κ1) is 9.99. The Kier molecular flexibility index (Phi) is 3.02. The Morgan fingerprint density at radius 3 is 2.93 bits per heavy atom. The summed E-state index contributed by atoms with van der Waals surface area (Å²) in [5, 5.41) is 11.2. The second-order valence-electron chi connectivity index (χ2n) is 2.63. The molecule has 3 N–H and O–H groups in total. The number of carbonyl (C=O) groups is 1. The number of hydrogen-bond acceptors (Lipinski definition) is 3. The summed E-state index contributed by atoms with van der Waals surface area (Å²) < 4.78 is 12.8. The molecule has 1 rings (SSSR count). The van der Waals surface area contributed by atoms with Crippen LogP contribution in [0.1, 0.15) is 5.56 Å². The summed E-state index contributed by atoms with van der Waals surface area (Å²) in [5.41, 5.74) is 5.32. The Hall–Kier alpha value is -2.09. The maximum Gasteiger partial charge on any atom is 0.236 e. The van der Waals surface area contributed by atoms with Crippen LogP contribution in [0.4, 0.5) is 10.1 Å². The largest absolute Gasteiger partial charge is 0.376 e. The molecule has 5 heteroatoms. The fourth-order valence-electron chi connectivity index (χ4n) is 0.910. The number of primary amides is 1. The third-order valence-corrected chi connectivity index (χ3v) is 1.55. The van der Waals surface area contributed by atoms with Crippen molar-refractivity contribution in [3.05, 3.63) is 29.6 Å². The summed E-state index contributed by atoms with van der Waals surface area (Å²) in [6.45, 7) is -0.0451. The molecule has 72 valence electrons. The van der Waals surface area contributed by atoms with Crippen molar-refractivity contribution in [1.29, 1.82) is 5.26 Å². The van der Waals surface area contributed by atoms with E-state index in [2.05, 4.69) is 5.32 Å². The molecular weight excluding hydrogens is 185 g/mol. The summed E-state index contributed by atoms with van der Waals surface area (Å²) in [6.07, 6.45) is 0. The van der Waals surface area contributed by atoms with E-state index in [1.165, 1.54) is 12.1 Å². The summed E-state index contributed by atoms with van der Waals surface area (Å²) >= 11 is 0. The van der Waals surface area contributed by atoms with Crippen molar-refractivity contribution in [3.63, 3.8) is 0 Å². The molecule has 0 aliphatic heterocycles. The molecule has 0 unspecified atom stereocenters. The lowest BCUT2D eigenvalue weighted by Crippen LogP contribution is -2.21. The molecule has 4 nitrogen and oxygen atoms in total. The van der Waals surface area contributed by atoms with E-state index in [0.29, 0.717) is 5.69 Å². The molecule has 0 bridgehead atoms. The van der Waals surface area contributed by atoms with Crippen LogP contribution in [-0.2, 0) is 4.79 Å². The van der Waals surface area contributed by atoms with Gasteiger partial charge in [0.1, 0.15) is 11.9 Å². The number of benzene rings is 1. The van der Waals surface area contributed by atoms with Crippen molar-refractivity contribution in [2.24, 2.45) is 5.73 Å². The van der Waals surface area contributed by atoms with Crippen LogP contribution in [0.15, 0.2) is 18.2 Å². The van der Waals surface area contributed by atoms with Crippen molar-refractivity contribution < 1.29 is 9.18 Å². The number of nitrogens with one attached hydrogen (secondary N) is 1. The van der Waals surface area contributed by atoms with Crippen LogP contribution in [0.5, 0.6) is 0 Å². The number of nitrogens with zero attached hydrogens (tertiary/aromatic N) is 1. The van der Waals surface area contributed by atoms with E-state index in [0.717, 1.165) is 6.07 Å². The van der Waals surface area contributed by atoms with Gasteiger partial charge < -0.3 is 11.1 Å². The topological polar surface area (TPSA) is 78.9 Å². The lowest BCUT2D eigenvalue weighted by molar-refractivity contribution is -0.116. The molecule has 0 atom stereocenters. The second-order valence-corrected chi connectivity index (χ2v) is 2.63. The number of nitrogens with two attached hydrogens (primary N) is 1. The number of amides is 1. The molecule has 0 fully saturated rings. The zero-order valence-electron chi connectivity index (χ0n) is 7.25. The molecule has 1 aromatic rings. The molecule has 0 aromatic heterocycles. The van der Waals surface area contributed by atoms with Crippen LogP contribution < -0.4 is 11.1 Å². The van der Waals surface area contributed by atoms with Gasteiger partial charge in [-0.3, -0.25) is 4.79 Å². The van der Waals surface area contributed by atoms with Crippen LogP contribution in [0.3, 0.4) is 0 Å². The lowest BCUT2D eigenvalue weighted by atomic mass is 10.2. The second kappa shape index (κ2) is 4.23. The summed E-state index contributed by atoms with van der Waals surface area (Å²) in [7, 11) is 0. The van der Waals surface area contributed by atoms with E-state index in [4.69, 9.17) is 11.0 Å². The van der Waals surface area contributed by atoms with Gasteiger partial charge in [-0.2, -0.15) is 5.26 Å². The minimum atomic E-state index is -0.586. The van der Waals surface area contributed by atoms with Gasteiger partial charge in [0.15, 0.2) is 0 Å². The smallest absolute Gasteiger partial charge is 0.236 e. The lowest BCUT2D eigenvalue weighted by Gasteiger charge is -2.03. The van der Waals surface area contributed by atoms with Gasteiger partial charge in [-0.05, 0) is 18.2 Å². The highest BCUT2D eigenvalue weighted by molar-refractivity contribution is 5.78. The Balaban J connectivity index is 2.80. The fourth-order valence-corrected chi connectivity index (χ4v) is 0.910. The van der Waals surface area contributed by atoms with Gasteiger partial charge in [0, 0.05) is 5.69 Å². The highest BCUT2D eigenvalue weighted by Gasteiger charge is 2.02. The summed E-state index contributed by atoms with van der Waals surface area (Å²) in [5.74, 6) is -1.11. The van der Waals surface area contributed by atoms with E-state index in [-0.39, 0.29) is 12.1 Å². The number of nitriles is 1. The fraction of sp³-hybridized carbons (Fsp3) is 0.111. The molecule has 0 saturated heterocycles. The number of hydrogen-bond donors (Lipinski definition) is 2. The molecule has 0 radical (unpaired) electrons. The monoisotopic (exact) mass is 193 g/mol. The van der Waals surface area contributed by atoms with Gasteiger partial charge in [0.05, 0.1) is 12.1 Å². The quantitative estimate of drug-likeness (QED) is 0.737. The third kappa shape index (κ3) is 2.45. The molecular formula is C9H8FN3O. The normalized spacial score (nSPS) is 9.14. The number of anilines is 1. The van der Waals surface area contributed by atoms with E-state index in [1.54, 1.807) is 6.07 Å². The highest BCUT2D eigenvalue weighted by Crippen LogP contribution is 2.13. The van der Waals surface area contributed by atoms with Gasteiger partial charge in [0.25, 0.3) is 0 Å². The first-order chi connectivity index (χ1) is 6.63.